The van der Waals surface area contributed by atoms with E-state index in [1.54, 1.807) is 36.4 Å². The van der Waals surface area contributed by atoms with Gasteiger partial charge in [0.05, 0.1) is 0 Å². The minimum atomic E-state index is -1.68. The molecule has 0 aliphatic rings. The van der Waals surface area contributed by atoms with Gasteiger partial charge in [0.2, 0.25) is 0 Å². The lowest BCUT2D eigenvalue weighted by Gasteiger charge is -2.26. The van der Waals surface area contributed by atoms with Crippen LogP contribution in [0, 0.1) is 5.41 Å². The molecule has 2 nitrogen and oxygen atoms in total. The van der Waals surface area contributed by atoms with Gasteiger partial charge in [-0.15, -0.1) is 0 Å². The topological polar surface area (TPSA) is 29.1 Å². The lowest BCUT2D eigenvalue weighted by molar-refractivity contribution is 0.0937. The van der Waals surface area contributed by atoms with Gasteiger partial charge in [-0.25, -0.2) is 0 Å². The van der Waals surface area contributed by atoms with Crippen molar-refractivity contribution in [2.24, 2.45) is 5.41 Å². The number of amides is 1. The Morgan fingerprint density at radius 3 is 2.18 bits per heavy atom. The molecule has 0 fully saturated rings. The van der Waals surface area contributed by atoms with Gasteiger partial charge in [0, 0.05) is 17.7 Å². The number of allylic oxidation sites excluding steroid dienone is 1. The maximum absolute atomic E-state index is 13.8. The fraction of sp³-hybridized carbons (Fsp3) is 0.208. The van der Waals surface area contributed by atoms with Gasteiger partial charge >= 0.3 is 0 Å². The maximum Gasteiger partial charge on any atom is 0.274 e. The van der Waals surface area contributed by atoms with Crippen molar-refractivity contribution in [3.8, 4) is 0 Å². The molecule has 0 unspecified atom stereocenters. The third-order valence-electron chi connectivity index (χ3n) is 4.74. The van der Waals surface area contributed by atoms with Crippen LogP contribution in [0.25, 0.3) is 16.3 Å². The third-order valence-corrected chi connectivity index (χ3v) is 4.74. The highest BCUT2D eigenvalue weighted by Crippen LogP contribution is 2.35. The van der Waals surface area contributed by atoms with Crippen LogP contribution in [0.4, 0.5) is 8.78 Å². The van der Waals surface area contributed by atoms with E-state index in [4.69, 9.17) is 0 Å². The molecule has 0 spiro atoms. The van der Waals surface area contributed by atoms with Crippen molar-refractivity contribution in [3.05, 3.63) is 90.0 Å². The Kier molecular flexibility index (Phi) is 5.88. The van der Waals surface area contributed by atoms with Gasteiger partial charge in [-0.1, -0.05) is 68.4 Å². The van der Waals surface area contributed by atoms with Crippen LogP contribution < -0.4 is 5.32 Å². The summed E-state index contributed by atoms with van der Waals surface area (Å²) in [6.45, 7) is 4.05. The molecule has 0 aromatic heterocycles. The van der Waals surface area contributed by atoms with Crippen molar-refractivity contribution >= 4 is 22.3 Å². The molecule has 144 valence electrons. The molecule has 4 heteroatoms. The molecular weight excluding hydrogens is 356 g/mol. The lowest BCUT2D eigenvalue weighted by Crippen LogP contribution is -2.34. The van der Waals surface area contributed by atoms with Gasteiger partial charge in [0.25, 0.3) is 12.0 Å². The van der Waals surface area contributed by atoms with Crippen LogP contribution in [0.2, 0.25) is 0 Å². The van der Waals surface area contributed by atoms with Crippen molar-refractivity contribution in [2.45, 2.75) is 20.3 Å². The van der Waals surface area contributed by atoms with Gasteiger partial charge in [0.1, 0.15) is 0 Å². The maximum atomic E-state index is 13.8. The van der Waals surface area contributed by atoms with Gasteiger partial charge in [-0.2, -0.15) is 8.78 Å². The van der Waals surface area contributed by atoms with Gasteiger partial charge in [-0.3, -0.25) is 4.79 Å². The first-order chi connectivity index (χ1) is 13.4. The lowest BCUT2D eigenvalue weighted by atomic mass is 9.83. The first-order valence-electron chi connectivity index (χ1n) is 9.22. The molecule has 0 heterocycles. The summed E-state index contributed by atoms with van der Waals surface area (Å²) in [6, 6.07) is 21.9. The summed E-state index contributed by atoms with van der Waals surface area (Å²) in [5, 5.41) is 4.80. The summed E-state index contributed by atoms with van der Waals surface area (Å²) in [4.78, 5) is 12.3. The summed E-state index contributed by atoms with van der Waals surface area (Å²) < 4.78 is 27.5. The summed E-state index contributed by atoms with van der Waals surface area (Å²) in [5.41, 5.74) is 0.556. The summed E-state index contributed by atoms with van der Waals surface area (Å²) in [6.07, 6.45) is -1.53. The molecule has 3 aromatic rings. The van der Waals surface area contributed by atoms with Gasteiger partial charge < -0.3 is 5.32 Å². The first kappa shape index (κ1) is 19.7. The number of hydrogen-bond acceptors (Lipinski definition) is 1. The second-order valence-electron chi connectivity index (χ2n) is 7.69. The number of nitrogens with one attached hydrogen (secondary N) is 1. The average Bonchev–Trinajstić information content (AvgIpc) is 2.70. The molecule has 0 saturated carbocycles. The fourth-order valence-electron chi connectivity index (χ4n) is 3.21. The highest BCUT2D eigenvalue weighted by molar-refractivity contribution is 5.94. The first-order valence-corrected chi connectivity index (χ1v) is 9.22. The normalized spacial score (nSPS) is 11.3. The summed E-state index contributed by atoms with van der Waals surface area (Å²) in [5.74, 6) is -0.203. The Labute approximate surface area is 163 Å². The van der Waals surface area contributed by atoms with Crippen molar-refractivity contribution in [1.82, 2.24) is 5.32 Å². The van der Waals surface area contributed by atoms with E-state index in [2.05, 4.69) is 5.32 Å². The fourth-order valence-corrected chi connectivity index (χ4v) is 3.21. The van der Waals surface area contributed by atoms with E-state index >= 15 is 0 Å². The minimum Gasteiger partial charge on any atom is -0.351 e. The van der Waals surface area contributed by atoms with E-state index < -0.39 is 11.5 Å². The molecule has 1 amide bonds. The standard InChI is InChI=1S/C24H23F2NO/c1-24(2,16-27-23(28)18-9-4-3-5-10-18)15-21(22(25)26)20-13-12-17-8-6-7-11-19(17)14-20/h3-14H,15-16H2,1-2H3,(H,27,28). The third kappa shape index (κ3) is 4.83. The smallest absolute Gasteiger partial charge is 0.274 e. The Bertz CT molecular complexity index is 1010. The number of halogens is 2. The molecular formula is C24H23F2NO. The average molecular weight is 379 g/mol. The Balaban J connectivity index is 1.75. The number of rotatable bonds is 6. The predicted octanol–water partition coefficient (Wildman–Crippen LogP) is 6.29. The zero-order valence-corrected chi connectivity index (χ0v) is 16.0. The summed E-state index contributed by atoms with van der Waals surface area (Å²) in [7, 11) is 0. The van der Waals surface area contributed by atoms with Crippen molar-refractivity contribution in [3.63, 3.8) is 0 Å². The number of benzene rings is 3. The number of carbonyl (C=O) groups excluding carboxylic acids is 1. The van der Waals surface area contributed by atoms with Gasteiger partial charge in [0.15, 0.2) is 0 Å². The van der Waals surface area contributed by atoms with Gasteiger partial charge in [-0.05, 0) is 46.4 Å². The van der Waals surface area contributed by atoms with E-state index in [1.807, 2.05) is 50.2 Å². The molecule has 1 N–H and O–H groups in total. The van der Waals surface area contributed by atoms with Crippen LogP contribution in [0.3, 0.4) is 0 Å². The van der Waals surface area contributed by atoms with Crippen molar-refractivity contribution < 1.29 is 13.6 Å². The Hall–Kier alpha value is -3.01. The molecule has 3 aromatic carbocycles. The molecule has 0 saturated heterocycles. The Morgan fingerprint density at radius 1 is 0.857 bits per heavy atom. The van der Waals surface area contributed by atoms with Crippen LogP contribution >= 0.6 is 0 Å². The number of hydrogen-bond donors (Lipinski definition) is 1. The largest absolute Gasteiger partial charge is 0.351 e. The minimum absolute atomic E-state index is 0.0183. The monoisotopic (exact) mass is 379 g/mol. The van der Waals surface area contributed by atoms with E-state index in [-0.39, 0.29) is 17.9 Å². The molecule has 0 aliphatic heterocycles. The van der Waals surface area contributed by atoms with E-state index in [9.17, 15) is 13.6 Å². The van der Waals surface area contributed by atoms with Crippen molar-refractivity contribution in [2.75, 3.05) is 6.54 Å². The highest BCUT2D eigenvalue weighted by Gasteiger charge is 2.24. The van der Waals surface area contributed by atoms with E-state index in [0.717, 1.165) is 10.8 Å². The molecule has 0 radical (unpaired) electrons. The van der Waals surface area contributed by atoms with Crippen molar-refractivity contribution in [1.29, 1.82) is 0 Å². The second-order valence-corrected chi connectivity index (χ2v) is 7.69. The Morgan fingerprint density at radius 2 is 1.50 bits per heavy atom. The zero-order valence-electron chi connectivity index (χ0n) is 16.0. The van der Waals surface area contributed by atoms with Crippen LogP contribution in [-0.2, 0) is 0 Å². The molecule has 0 bridgehead atoms. The molecule has 0 aliphatic carbocycles. The highest BCUT2D eigenvalue weighted by atomic mass is 19.3. The second kappa shape index (κ2) is 8.34. The summed E-state index contributed by atoms with van der Waals surface area (Å²) >= 11 is 0. The van der Waals surface area contributed by atoms with E-state index in [1.165, 1.54) is 0 Å². The SMILES string of the molecule is CC(C)(CNC(=O)c1ccccc1)CC(=C(F)F)c1ccc2ccccc2c1. The quantitative estimate of drug-likeness (QED) is 0.535. The van der Waals surface area contributed by atoms with Crippen LogP contribution in [-0.4, -0.2) is 12.5 Å². The number of fused-ring (bicyclic) bond motifs is 1. The molecule has 3 rings (SSSR count). The predicted molar refractivity (Wildman–Crippen MR) is 110 cm³/mol. The molecule has 28 heavy (non-hydrogen) atoms. The number of carbonyl (C=O) groups is 1. The van der Waals surface area contributed by atoms with Crippen LogP contribution in [0.15, 0.2) is 78.9 Å². The van der Waals surface area contributed by atoms with E-state index in [0.29, 0.717) is 17.7 Å². The van der Waals surface area contributed by atoms with Crippen LogP contribution in [0.5, 0.6) is 0 Å². The van der Waals surface area contributed by atoms with Crippen LogP contribution in [0.1, 0.15) is 36.2 Å². The zero-order chi connectivity index (χ0) is 20.1. The molecule has 0 atom stereocenters.